The average molecular weight is 519 g/mol. The number of halogens is 1. The number of carbonyl (C=O) groups excluding carboxylic acids is 1. The third-order valence-electron chi connectivity index (χ3n) is 9.29. The number of carboxylic acids is 2. The van der Waals surface area contributed by atoms with Gasteiger partial charge in [-0.15, -0.1) is 0 Å². The van der Waals surface area contributed by atoms with Gasteiger partial charge in [-0.3, -0.25) is 9.69 Å². The van der Waals surface area contributed by atoms with Gasteiger partial charge in [0.2, 0.25) is 0 Å². The number of anilines is 1. The molecular weight excluding hydrogens is 483 g/mol. The lowest BCUT2D eigenvalue weighted by atomic mass is 9.55. The SMILES string of the molecule is C[C@@H]1CC[C@H]2C(CN3CCN(c4ccccc4F)CC3)C(=O)O[C@]23[C@H]1CC[C@@]1(C)O[C@@H]31.O=C(O)C(=O)O. The van der Waals surface area contributed by atoms with E-state index in [9.17, 15) is 9.18 Å². The van der Waals surface area contributed by atoms with Crippen LogP contribution in [0.2, 0.25) is 0 Å². The molecule has 1 aromatic rings. The van der Waals surface area contributed by atoms with Crippen LogP contribution in [0.1, 0.15) is 39.5 Å². The van der Waals surface area contributed by atoms with Crippen LogP contribution in [0.4, 0.5) is 10.1 Å². The Morgan fingerprint density at radius 1 is 1.05 bits per heavy atom. The van der Waals surface area contributed by atoms with Gasteiger partial charge in [-0.25, -0.2) is 14.0 Å². The molecule has 6 rings (SSSR count). The molecule has 7 atom stereocenters. The molecule has 37 heavy (non-hydrogen) atoms. The summed E-state index contributed by atoms with van der Waals surface area (Å²) in [4.78, 5) is 35.9. The van der Waals surface area contributed by atoms with Crippen LogP contribution in [-0.4, -0.2) is 83.1 Å². The highest BCUT2D eigenvalue weighted by Gasteiger charge is 2.77. The first kappa shape index (κ1) is 25.9. The maximum absolute atomic E-state index is 14.2. The fourth-order valence-electron chi connectivity index (χ4n) is 7.42. The van der Waals surface area contributed by atoms with Crippen LogP contribution in [0.15, 0.2) is 24.3 Å². The number of esters is 1. The minimum absolute atomic E-state index is 0.0135. The number of benzene rings is 1. The van der Waals surface area contributed by atoms with Crippen LogP contribution in [0.3, 0.4) is 0 Å². The summed E-state index contributed by atoms with van der Waals surface area (Å²) in [6.45, 7) is 8.52. The number of piperazine rings is 1. The molecule has 3 aliphatic heterocycles. The summed E-state index contributed by atoms with van der Waals surface area (Å²) < 4.78 is 26.7. The predicted octanol–water partition coefficient (Wildman–Crippen LogP) is 2.63. The highest BCUT2D eigenvalue weighted by Crippen LogP contribution is 2.66. The van der Waals surface area contributed by atoms with E-state index in [4.69, 9.17) is 29.3 Å². The summed E-state index contributed by atoms with van der Waals surface area (Å²) in [5.41, 5.74) is 0.186. The van der Waals surface area contributed by atoms with Crippen LogP contribution in [0.5, 0.6) is 0 Å². The Balaban J connectivity index is 0.000000421. The standard InChI is InChI=1S/C25H33FN2O3.C2H2O4/c1-16-7-8-19-17(22(29)30-25(19)18(16)9-10-24(2)23(25)31-24)15-27-11-13-28(14-12-27)21-6-4-3-5-20(21)26;3-1(4)2(5)6/h3-6,16-19,23H,7-15H2,1-2H3;(H,3,4)(H,5,6)/t16-,17?,18+,19+,23-,24-,25-;/m1./s1. The molecule has 2 aliphatic carbocycles. The van der Waals surface area contributed by atoms with E-state index in [-0.39, 0.29) is 35.3 Å². The minimum atomic E-state index is -1.82. The number of rotatable bonds is 3. The van der Waals surface area contributed by atoms with Gasteiger partial charge >= 0.3 is 17.9 Å². The van der Waals surface area contributed by atoms with Gasteiger partial charge in [-0.2, -0.15) is 0 Å². The van der Waals surface area contributed by atoms with E-state index in [0.29, 0.717) is 17.5 Å². The Morgan fingerprint density at radius 3 is 2.38 bits per heavy atom. The summed E-state index contributed by atoms with van der Waals surface area (Å²) in [5, 5.41) is 14.8. The summed E-state index contributed by atoms with van der Waals surface area (Å²) in [6.07, 6.45) is 4.50. The van der Waals surface area contributed by atoms with E-state index in [1.165, 1.54) is 12.5 Å². The molecule has 3 heterocycles. The highest BCUT2D eigenvalue weighted by molar-refractivity contribution is 6.27. The summed E-state index contributed by atoms with van der Waals surface area (Å²) in [7, 11) is 0. The second-order valence-electron chi connectivity index (χ2n) is 11.3. The number of fused-ring (bicyclic) bond motifs is 1. The molecule has 1 spiro atoms. The molecular formula is C27H35FN2O7. The Kier molecular flexibility index (Phi) is 6.68. The monoisotopic (exact) mass is 518 g/mol. The molecule has 0 amide bonds. The first-order chi connectivity index (χ1) is 17.6. The molecule has 0 bridgehead atoms. The van der Waals surface area contributed by atoms with E-state index in [1.807, 2.05) is 12.1 Å². The first-order valence-corrected chi connectivity index (χ1v) is 13.2. The third kappa shape index (κ3) is 4.48. The van der Waals surface area contributed by atoms with Gasteiger partial charge in [0.15, 0.2) is 0 Å². The molecule has 5 fully saturated rings. The topological polar surface area (TPSA) is 120 Å². The number of hydrogen-bond acceptors (Lipinski definition) is 7. The average Bonchev–Trinajstić information content (AvgIpc) is 3.49. The summed E-state index contributed by atoms with van der Waals surface area (Å²) in [5.74, 6) is -2.62. The van der Waals surface area contributed by atoms with Crippen molar-refractivity contribution >= 4 is 23.6 Å². The molecule has 0 radical (unpaired) electrons. The number of aliphatic carboxylic acids is 2. The van der Waals surface area contributed by atoms with Gasteiger partial charge in [0.05, 0.1) is 17.2 Å². The second-order valence-corrected chi connectivity index (χ2v) is 11.3. The minimum Gasteiger partial charge on any atom is -0.473 e. The van der Waals surface area contributed by atoms with Gasteiger partial charge in [0.25, 0.3) is 0 Å². The van der Waals surface area contributed by atoms with Crippen molar-refractivity contribution in [2.75, 3.05) is 37.6 Å². The van der Waals surface area contributed by atoms with Crippen molar-refractivity contribution in [3.05, 3.63) is 30.1 Å². The fraction of sp³-hybridized carbons (Fsp3) is 0.667. The number of carboxylic acid groups (broad SMARTS) is 2. The van der Waals surface area contributed by atoms with Crippen molar-refractivity contribution in [2.45, 2.75) is 56.8 Å². The van der Waals surface area contributed by atoms with Crippen LogP contribution in [-0.2, 0) is 23.9 Å². The van der Waals surface area contributed by atoms with E-state index in [2.05, 4.69) is 23.6 Å². The molecule has 1 aromatic carbocycles. The second kappa shape index (κ2) is 9.54. The van der Waals surface area contributed by atoms with Crippen molar-refractivity contribution in [3.8, 4) is 0 Å². The molecule has 0 aromatic heterocycles. The van der Waals surface area contributed by atoms with Gasteiger partial charge in [0.1, 0.15) is 17.5 Å². The van der Waals surface area contributed by atoms with Crippen LogP contribution in [0, 0.1) is 29.5 Å². The van der Waals surface area contributed by atoms with Crippen molar-refractivity contribution in [3.63, 3.8) is 0 Å². The normalized spacial score (nSPS) is 38.3. The van der Waals surface area contributed by atoms with Gasteiger partial charge in [-0.05, 0) is 50.7 Å². The highest BCUT2D eigenvalue weighted by atomic mass is 19.1. The van der Waals surface area contributed by atoms with Crippen LogP contribution < -0.4 is 4.90 Å². The molecule has 5 aliphatic rings. The van der Waals surface area contributed by atoms with E-state index in [1.54, 1.807) is 6.07 Å². The smallest absolute Gasteiger partial charge is 0.414 e. The predicted molar refractivity (Wildman–Crippen MR) is 131 cm³/mol. The Hall–Kier alpha value is -2.72. The van der Waals surface area contributed by atoms with Gasteiger partial charge in [-0.1, -0.05) is 19.1 Å². The first-order valence-electron chi connectivity index (χ1n) is 13.2. The summed E-state index contributed by atoms with van der Waals surface area (Å²) in [6, 6.07) is 6.99. The third-order valence-corrected chi connectivity index (χ3v) is 9.29. The zero-order valence-corrected chi connectivity index (χ0v) is 21.3. The van der Waals surface area contributed by atoms with Crippen molar-refractivity contribution in [1.82, 2.24) is 4.90 Å². The largest absolute Gasteiger partial charge is 0.473 e. The van der Waals surface area contributed by atoms with Crippen LogP contribution in [0.25, 0.3) is 0 Å². The fourth-order valence-corrected chi connectivity index (χ4v) is 7.42. The Bertz CT molecular complexity index is 1060. The lowest BCUT2D eigenvalue weighted by molar-refractivity contribution is -0.168. The molecule has 1 unspecified atom stereocenters. The van der Waals surface area contributed by atoms with E-state index in [0.717, 1.165) is 52.0 Å². The molecule has 202 valence electrons. The zero-order chi connectivity index (χ0) is 26.5. The maximum Gasteiger partial charge on any atom is 0.414 e. The number of hydrogen-bond donors (Lipinski definition) is 2. The maximum atomic E-state index is 14.2. The van der Waals surface area contributed by atoms with Crippen molar-refractivity contribution < 1.29 is 38.5 Å². The molecule has 10 heteroatoms. The lowest BCUT2D eigenvalue weighted by Crippen LogP contribution is -2.58. The van der Waals surface area contributed by atoms with E-state index >= 15 is 0 Å². The van der Waals surface area contributed by atoms with E-state index < -0.39 is 17.5 Å². The molecule has 2 saturated carbocycles. The lowest BCUT2D eigenvalue weighted by Gasteiger charge is -2.50. The number of para-hydroxylation sites is 1. The number of ether oxygens (including phenoxy) is 2. The Morgan fingerprint density at radius 2 is 1.73 bits per heavy atom. The molecule has 2 N–H and O–H groups in total. The number of epoxide rings is 1. The Labute approximate surface area is 215 Å². The summed E-state index contributed by atoms with van der Waals surface area (Å²) >= 11 is 0. The number of carbonyl (C=O) groups is 3. The molecule has 3 saturated heterocycles. The van der Waals surface area contributed by atoms with Crippen molar-refractivity contribution in [2.24, 2.45) is 23.7 Å². The quantitative estimate of drug-likeness (QED) is 0.353. The van der Waals surface area contributed by atoms with Crippen molar-refractivity contribution in [1.29, 1.82) is 0 Å². The van der Waals surface area contributed by atoms with Crippen LogP contribution >= 0.6 is 0 Å². The number of nitrogens with zero attached hydrogens (tertiary/aromatic N) is 2. The molecule has 9 nitrogen and oxygen atoms in total. The van der Waals surface area contributed by atoms with Gasteiger partial charge < -0.3 is 24.6 Å². The zero-order valence-electron chi connectivity index (χ0n) is 21.3. The van der Waals surface area contributed by atoms with Gasteiger partial charge in [0, 0.05) is 44.6 Å².